The molecule has 0 bridgehead atoms. The molecular weight excluding hydrogens is 329 g/mol. The van der Waals surface area contributed by atoms with Gasteiger partial charge in [0.1, 0.15) is 0 Å². The van der Waals surface area contributed by atoms with E-state index in [0.29, 0.717) is 21.5 Å². The summed E-state index contributed by atoms with van der Waals surface area (Å²) in [4.78, 5) is 0.296. The molecule has 0 aliphatic carbocycles. The molecule has 0 fully saturated rings. The molecular formula is C15H15Cl2NO2S. The predicted octanol–water partition coefficient (Wildman–Crippen LogP) is 4.32. The lowest BCUT2D eigenvalue weighted by Gasteiger charge is -2.11. The average Bonchev–Trinajstić information content (AvgIpc) is 2.40. The first-order chi connectivity index (χ1) is 9.77. The predicted molar refractivity (Wildman–Crippen MR) is 88.1 cm³/mol. The molecule has 0 aromatic heterocycles. The summed E-state index contributed by atoms with van der Waals surface area (Å²) < 4.78 is 23.2. The molecule has 0 heterocycles. The molecule has 1 N–H and O–H groups in total. The molecule has 0 unspecified atom stereocenters. The SMILES string of the molecule is Cc1ccc(S(C)(=O)=O)cc1NCc1ccc(Cl)c(Cl)c1. The Morgan fingerprint density at radius 3 is 2.38 bits per heavy atom. The van der Waals surface area contributed by atoms with E-state index in [1.54, 1.807) is 30.3 Å². The van der Waals surface area contributed by atoms with Gasteiger partial charge in [0, 0.05) is 18.5 Å². The van der Waals surface area contributed by atoms with Gasteiger partial charge in [-0.05, 0) is 42.3 Å². The molecule has 0 atom stereocenters. The Balaban J connectivity index is 2.21. The minimum absolute atomic E-state index is 0.296. The molecule has 3 nitrogen and oxygen atoms in total. The standard InChI is InChI=1S/C15H15Cl2NO2S/c1-10-3-5-12(21(2,19)20)8-15(10)18-9-11-4-6-13(16)14(17)7-11/h3-8,18H,9H2,1-2H3. The molecule has 21 heavy (non-hydrogen) atoms. The van der Waals surface area contributed by atoms with Gasteiger partial charge in [0.2, 0.25) is 0 Å². The van der Waals surface area contributed by atoms with E-state index in [4.69, 9.17) is 23.2 Å². The van der Waals surface area contributed by atoms with Crippen LogP contribution in [0.4, 0.5) is 5.69 Å². The van der Waals surface area contributed by atoms with Crippen molar-refractivity contribution in [3.63, 3.8) is 0 Å². The van der Waals surface area contributed by atoms with Gasteiger partial charge >= 0.3 is 0 Å². The molecule has 6 heteroatoms. The summed E-state index contributed by atoms with van der Waals surface area (Å²) >= 11 is 11.8. The van der Waals surface area contributed by atoms with Crippen LogP contribution in [0.15, 0.2) is 41.3 Å². The molecule has 0 aliphatic rings. The second-order valence-electron chi connectivity index (χ2n) is 4.85. The minimum Gasteiger partial charge on any atom is -0.381 e. The van der Waals surface area contributed by atoms with Crippen molar-refractivity contribution in [2.24, 2.45) is 0 Å². The summed E-state index contributed by atoms with van der Waals surface area (Å²) in [5.41, 5.74) is 2.72. The lowest BCUT2D eigenvalue weighted by Crippen LogP contribution is -2.04. The van der Waals surface area contributed by atoms with Crippen molar-refractivity contribution in [1.29, 1.82) is 0 Å². The maximum absolute atomic E-state index is 11.6. The van der Waals surface area contributed by atoms with Crippen LogP contribution in [0.2, 0.25) is 10.0 Å². The van der Waals surface area contributed by atoms with Crippen LogP contribution in [0, 0.1) is 6.92 Å². The first-order valence-electron chi connectivity index (χ1n) is 6.26. The highest BCUT2D eigenvalue weighted by Crippen LogP contribution is 2.24. The minimum atomic E-state index is -3.22. The third-order valence-corrected chi connectivity index (χ3v) is 4.95. The number of benzene rings is 2. The molecule has 2 rings (SSSR count). The topological polar surface area (TPSA) is 46.2 Å². The van der Waals surface area contributed by atoms with Crippen LogP contribution in [0.25, 0.3) is 0 Å². The van der Waals surface area contributed by atoms with E-state index in [0.717, 1.165) is 16.8 Å². The van der Waals surface area contributed by atoms with Crippen LogP contribution < -0.4 is 5.32 Å². The average molecular weight is 344 g/mol. The second kappa shape index (κ2) is 6.26. The summed E-state index contributed by atoms with van der Waals surface area (Å²) in [5, 5.41) is 4.23. The highest BCUT2D eigenvalue weighted by Gasteiger charge is 2.09. The number of hydrogen-bond acceptors (Lipinski definition) is 3. The van der Waals surface area contributed by atoms with Crippen molar-refractivity contribution in [2.75, 3.05) is 11.6 Å². The fourth-order valence-electron chi connectivity index (χ4n) is 1.87. The zero-order valence-corrected chi connectivity index (χ0v) is 14.0. The number of nitrogens with one attached hydrogen (secondary N) is 1. The van der Waals surface area contributed by atoms with E-state index in [2.05, 4.69) is 5.32 Å². The molecule has 0 radical (unpaired) electrons. The third kappa shape index (κ3) is 4.13. The smallest absolute Gasteiger partial charge is 0.175 e. The van der Waals surface area contributed by atoms with Crippen LogP contribution in [0.5, 0.6) is 0 Å². The van der Waals surface area contributed by atoms with Gasteiger partial charge in [-0.15, -0.1) is 0 Å². The van der Waals surface area contributed by atoms with Gasteiger partial charge < -0.3 is 5.32 Å². The van der Waals surface area contributed by atoms with Crippen molar-refractivity contribution in [3.05, 3.63) is 57.6 Å². The lowest BCUT2D eigenvalue weighted by molar-refractivity contribution is 0.602. The van der Waals surface area contributed by atoms with Gasteiger partial charge in [-0.3, -0.25) is 0 Å². The van der Waals surface area contributed by atoms with Gasteiger partial charge in [0.25, 0.3) is 0 Å². The molecule has 0 aliphatic heterocycles. The van der Waals surface area contributed by atoms with Gasteiger partial charge in [-0.1, -0.05) is 35.3 Å². The summed E-state index contributed by atoms with van der Waals surface area (Å²) in [6.07, 6.45) is 1.19. The fourth-order valence-corrected chi connectivity index (χ4v) is 2.84. The van der Waals surface area contributed by atoms with Gasteiger partial charge in [-0.2, -0.15) is 0 Å². The number of sulfone groups is 1. The van der Waals surface area contributed by atoms with E-state index in [1.807, 2.05) is 13.0 Å². The first kappa shape index (κ1) is 16.1. The summed E-state index contributed by atoms with van der Waals surface area (Å²) in [6.45, 7) is 2.45. The number of rotatable bonds is 4. The first-order valence-corrected chi connectivity index (χ1v) is 8.90. The molecule has 0 saturated heterocycles. The molecule has 2 aromatic rings. The van der Waals surface area contributed by atoms with Crippen LogP contribution in [0.1, 0.15) is 11.1 Å². The Hall–Kier alpha value is -1.23. The Bertz CT molecular complexity index is 773. The fraction of sp³-hybridized carbons (Fsp3) is 0.200. The molecule has 2 aromatic carbocycles. The van der Waals surface area contributed by atoms with Gasteiger partial charge in [0.05, 0.1) is 14.9 Å². The Labute approximate surface area is 134 Å². The normalized spacial score (nSPS) is 11.4. The molecule has 0 amide bonds. The second-order valence-corrected chi connectivity index (χ2v) is 7.68. The van der Waals surface area contributed by atoms with E-state index < -0.39 is 9.84 Å². The zero-order valence-electron chi connectivity index (χ0n) is 11.7. The van der Waals surface area contributed by atoms with Crippen LogP contribution in [-0.2, 0) is 16.4 Å². The molecule has 112 valence electrons. The van der Waals surface area contributed by atoms with Crippen LogP contribution in [0.3, 0.4) is 0 Å². The zero-order chi connectivity index (χ0) is 15.6. The Morgan fingerprint density at radius 2 is 1.76 bits per heavy atom. The van der Waals surface area contributed by atoms with Gasteiger partial charge in [0.15, 0.2) is 9.84 Å². The molecule has 0 spiro atoms. The Kier molecular flexibility index (Phi) is 4.81. The summed E-state index contributed by atoms with van der Waals surface area (Å²) in [6, 6.07) is 10.4. The van der Waals surface area contributed by atoms with Crippen molar-refractivity contribution < 1.29 is 8.42 Å². The lowest BCUT2D eigenvalue weighted by atomic mass is 10.2. The van der Waals surface area contributed by atoms with Crippen molar-refractivity contribution in [2.45, 2.75) is 18.4 Å². The van der Waals surface area contributed by atoms with Crippen LogP contribution >= 0.6 is 23.2 Å². The van der Waals surface area contributed by atoms with E-state index >= 15 is 0 Å². The van der Waals surface area contributed by atoms with Crippen molar-refractivity contribution in [3.8, 4) is 0 Å². The number of hydrogen-bond donors (Lipinski definition) is 1. The van der Waals surface area contributed by atoms with Crippen LogP contribution in [-0.4, -0.2) is 14.7 Å². The third-order valence-electron chi connectivity index (χ3n) is 3.10. The number of aryl methyl sites for hydroxylation is 1. The highest BCUT2D eigenvalue weighted by atomic mass is 35.5. The monoisotopic (exact) mass is 343 g/mol. The number of anilines is 1. The molecule has 0 saturated carbocycles. The largest absolute Gasteiger partial charge is 0.381 e. The maximum Gasteiger partial charge on any atom is 0.175 e. The van der Waals surface area contributed by atoms with Crippen molar-refractivity contribution >= 4 is 38.7 Å². The maximum atomic E-state index is 11.6. The summed E-state index contributed by atoms with van der Waals surface area (Å²) in [7, 11) is -3.22. The van der Waals surface area contributed by atoms with Crippen molar-refractivity contribution in [1.82, 2.24) is 0 Å². The van der Waals surface area contributed by atoms with Gasteiger partial charge in [-0.25, -0.2) is 8.42 Å². The summed E-state index contributed by atoms with van der Waals surface area (Å²) in [5.74, 6) is 0. The van der Waals surface area contributed by atoms with E-state index in [-0.39, 0.29) is 0 Å². The van der Waals surface area contributed by atoms with E-state index in [9.17, 15) is 8.42 Å². The highest BCUT2D eigenvalue weighted by molar-refractivity contribution is 7.90. The number of halogens is 2. The Morgan fingerprint density at radius 1 is 1.05 bits per heavy atom. The quantitative estimate of drug-likeness (QED) is 0.899. The van der Waals surface area contributed by atoms with E-state index in [1.165, 1.54) is 6.26 Å².